The molecule has 2 aromatic rings. The van der Waals surface area contributed by atoms with Gasteiger partial charge in [0.05, 0.1) is 23.3 Å². The van der Waals surface area contributed by atoms with E-state index < -0.39 is 42.1 Å². The number of rotatable bonds is 10. The van der Waals surface area contributed by atoms with Crippen LogP contribution in [0.3, 0.4) is 0 Å². The van der Waals surface area contributed by atoms with Gasteiger partial charge in [-0.25, -0.2) is 9.59 Å². The molecule has 5 rings (SSSR count). The maximum atomic E-state index is 13.3. The predicted molar refractivity (Wildman–Crippen MR) is 176 cm³/mol. The van der Waals surface area contributed by atoms with Crippen LogP contribution >= 0.6 is 0 Å². The smallest absolute Gasteiger partial charge is 0.338 e. The van der Waals surface area contributed by atoms with Crippen LogP contribution in [0.5, 0.6) is 0 Å². The highest BCUT2D eigenvalue weighted by Gasteiger charge is 2.51. The molecule has 0 aliphatic carbocycles. The highest BCUT2D eigenvalue weighted by molar-refractivity contribution is 5.90. The van der Waals surface area contributed by atoms with Gasteiger partial charge in [0.2, 0.25) is 0 Å². The summed E-state index contributed by atoms with van der Waals surface area (Å²) in [4.78, 5) is 26.7. The van der Waals surface area contributed by atoms with Crippen LogP contribution in [0.15, 0.2) is 60.7 Å². The van der Waals surface area contributed by atoms with Crippen molar-refractivity contribution in [1.29, 1.82) is 0 Å². The predicted octanol–water partition coefficient (Wildman–Crippen LogP) is 6.66. The topological polar surface area (TPSA) is 89.5 Å². The summed E-state index contributed by atoms with van der Waals surface area (Å²) < 4.78 is 36.8. The standard InChI is InChI=1S/C39H46O8/c1-39(2)46-35(33(44-37(40)29-17-5-3-6-18-29)25-11-9-21-31-23-13-15-27-42-31)36(47-39)34(45-38(41)30-19-7-4-8-20-30)26-12-10-22-32-24-14-16-28-43-32/h3-8,17-20,31-36H,13-16,21-28H2,1-2H3/t31?,32?,33-,34-,35+,36+/m0/s1. The Kier molecular flexibility index (Phi) is 12.9. The number of hydrogen-bond acceptors (Lipinski definition) is 8. The summed E-state index contributed by atoms with van der Waals surface area (Å²) in [6.45, 7) is 5.11. The minimum absolute atomic E-state index is 0.110. The normalized spacial score (nSPS) is 24.8. The fourth-order valence-corrected chi connectivity index (χ4v) is 6.06. The van der Waals surface area contributed by atoms with Crippen LogP contribution in [0.2, 0.25) is 0 Å². The van der Waals surface area contributed by atoms with Crippen molar-refractivity contribution in [3.05, 3.63) is 71.8 Å². The Morgan fingerprint density at radius 2 is 1.11 bits per heavy atom. The first-order valence-electron chi connectivity index (χ1n) is 16.9. The van der Waals surface area contributed by atoms with Crippen LogP contribution in [0.1, 0.15) is 98.8 Å². The largest absolute Gasteiger partial charge is 0.455 e. The third kappa shape index (κ3) is 10.7. The molecule has 0 radical (unpaired) electrons. The quantitative estimate of drug-likeness (QED) is 0.210. The molecule has 8 nitrogen and oxygen atoms in total. The average molecular weight is 643 g/mol. The Morgan fingerprint density at radius 1 is 0.681 bits per heavy atom. The molecule has 0 bridgehead atoms. The molecular formula is C39H46O8. The summed E-state index contributed by atoms with van der Waals surface area (Å²) >= 11 is 0. The van der Waals surface area contributed by atoms with E-state index in [0.29, 0.717) is 24.0 Å². The van der Waals surface area contributed by atoms with Gasteiger partial charge in [-0.3, -0.25) is 0 Å². The van der Waals surface area contributed by atoms with Crippen molar-refractivity contribution in [2.45, 2.75) is 120 Å². The molecule has 3 fully saturated rings. The van der Waals surface area contributed by atoms with Crippen molar-refractivity contribution in [2.75, 3.05) is 13.2 Å². The Balaban J connectivity index is 1.38. The Hall–Kier alpha value is -3.66. The van der Waals surface area contributed by atoms with E-state index in [9.17, 15) is 9.59 Å². The lowest BCUT2D eigenvalue weighted by molar-refractivity contribution is -0.160. The molecule has 0 saturated carbocycles. The van der Waals surface area contributed by atoms with E-state index in [-0.39, 0.29) is 25.0 Å². The molecule has 47 heavy (non-hydrogen) atoms. The zero-order valence-corrected chi connectivity index (χ0v) is 27.5. The van der Waals surface area contributed by atoms with Gasteiger partial charge in [-0.15, -0.1) is 11.8 Å². The fraction of sp³-hybridized carbons (Fsp3) is 0.538. The Bertz CT molecular complexity index is 1300. The number of ether oxygens (including phenoxy) is 6. The fourth-order valence-electron chi connectivity index (χ4n) is 6.06. The molecule has 3 aliphatic rings. The highest BCUT2D eigenvalue weighted by atomic mass is 16.8. The summed E-state index contributed by atoms with van der Waals surface area (Å²) in [5, 5.41) is 0. The van der Waals surface area contributed by atoms with Crippen molar-refractivity contribution in [3.63, 3.8) is 0 Å². The van der Waals surface area contributed by atoms with Gasteiger partial charge in [-0.2, -0.15) is 0 Å². The molecule has 3 saturated heterocycles. The highest BCUT2D eigenvalue weighted by Crippen LogP contribution is 2.36. The number of esters is 2. The van der Waals surface area contributed by atoms with Gasteiger partial charge in [0.1, 0.15) is 24.4 Å². The molecular weight excluding hydrogens is 596 g/mol. The maximum absolute atomic E-state index is 13.3. The van der Waals surface area contributed by atoms with E-state index in [4.69, 9.17) is 28.4 Å². The van der Waals surface area contributed by atoms with E-state index in [0.717, 1.165) is 51.7 Å². The third-order valence-corrected chi connectivity index (χ3v) is 8.50. The average Bonchev–Trinajstić information content (AvgIpc) is 3.43. The second-order valence-corrected chi connectivity index (χ2v) is 12.7. The first kappa shape index (κ1) is 34.7. The molecule has 0 spiro atoms. The van der Waals surface area contributed by atoms with Gasteiger partial charge < -0.3 is 28.4 Å². The monoisotopic (exact) mass is 642 g/mol. The van der Waals surface area contributed by atoms with Crippen LogP contribution < -0.4 is 0 Å². The van der Waals surface area contributed by atoms with Crippen LogP contribution in [0.4, 0.5) is 0 Å². The van der Waals surface area contributed by atoms with Gasteiger partial charge in [0.25, 0.3) is 0 Å². The molecule has 3 aliphatic heterocycles. The summed E-state index contributed by atoms with van der Waals surface area (Å²) in [7, 11) is 0. The number of benzene rings is 2. The summed E-state index contributed by atoms with van der Waals surface area (Å²) in [5.74, 6) is 10.9. The molecule has 2 aromatic carbocycles. The van der Waals surface area contributed by atoms with Crippen molar-refractivity contribution >= 4 is 11.9 Å². The lowest BCUT2D eigenvalue weighted by Gasteiger charge is -2.29. The van der Waals surface area contributed by atoms with E-state index in [1.54, 1.807) is 62.4 Å². The molecule has 0 N–H and O–H groups in total. The summed E-state index contributed by atoms with van der Waals surface area (Å²) in [5.41, 5.74) is 0.831. The van der Waals surface area contributed by atoms with E-state index in [1.165, 1.54) is 0 Å². The lowest BCUT2D eigenvalue weighted by Crippen LogP contribution is -2.45. The zero-order valence-electron chi connectivity index (χ0n) is 27.5. The minimum atomic E-state index is -1.04. The Morgan fingerprint density at radius 3 is 1.49 bits per heavy atom. The van der Waals surface area contributed by atoms with Gasteiger partial charge in [-0.05, 0) is 76.6 Å². The van der Waals surface area contributed by atoms with Crippen molar-refractivity contribution < 1.29 is 38.0 Å². The van der Waals surface area contributed by atoms with E-state index in [2.05, 4.69) is 23.7 Å². The summed E-state index contributed by atoms with van der Waals surface area (Å²) in [6.07, 6.45) is 5.04. The zero-order chi connectivity index (χ0) is 32.9. The molecule has 6 atom stereocenters. The SMILES string of the molecule is CC1(C)O[C@H]([C@H](CC#CCC2CCCCO2)OC(=O)c2ccccc2)[C@@H]([C@H](CC#CCC2CCCCO2)OC(=O)c2ccccc2)O1. The molecule has 0 aromatic heterocycles. The van der Waals surface area contributed by atoms with Crippen LogP contribution in [0, 0.1) is 23.7 Å². The maximum Gasteiger partial charge on any atom is 0.338 e. The lowest BCUT2D eigenvalue weighted by atomic mass is 9.98. The molecule has 8 heteroatoms. The molecule has 250 valence electrons. The first-order valence-corrected chi connectivity index (χ1v) is 16.9. The van der Waals surface area contributed by atoms with Crippen molar-refractivity contribution in [2.24, 2.45) is 0 Å². The van der Waals surface area contributed by atoms with E-state index >= 15 is 0 Å². The second-order valence-electron chi connectivity index (χ2n) is 12.7. The molecule has 3 heterocycles. The van der Waals surface area contributed by atoms with Crippen molar-refractivity contribution in [3.8, 4) is 23.7 Å². The number of carbonyl (C=O) groups is 2. The number of hydrogen-bond donors (Lipinski definition) is 0. The van der Waals surface area contributed by atoms with Gasteiger partial charge in [0, 0.05) is 38.9 Å². The first-order chi connectivity index (χ1) is 22.9. The van der Waals surface area contributed by atoms with Gasteiger partial charge >= 0.3 is 11.9 Å². The van der Waals surface area contributed by atoms with Crippen LogP contribution in [-0.2, 0) is 28.4 Å². The number of carbonyl (C=O) groups excluding carboxylic acids is 2. The van der Waals surface area contributed by atoms with Crippen LogP contribution in [-0.4, -0.2) is 67.6 Å². The minimum Gasteiger partial charge on any atom is -0.455 e. The second kappa shape index (κ2) is 17.5. The van der Waals surface area contributed by atoms with Crippen molar-refractivity contribution in [1.82, 2.24) is 0 Å². The molecule has 2 unspecified atom stereocenters. The van der Waals surface area contributed by atoms with Crippen LogP contribution in [0.25, 0.3) is 0 Å². The Labute approximate surface area is 278 Å². The third-order valence-electron chi connectivity index (χ3n) is 8.50. The van der Waals surface area contributed by atoms with Gasteiger partial charge in [0.15, 0.2) is 5.79 Å². The van der Waals surface area contributed by atoms with E-state index in [1.807, 2.05) is 12.1 Å². The van der Waals surface area contributed by atoms with Gasteiger partial charge in [-0.1, -0.05) is 48.2 Å². The summed E-state index contributed by atoms with van der Waals surface area (Å²) in [6, 6.07) is 17.6. The molecule has 0 amide bonds.